The number of fused-ring (bicyclic) bond motifs is 1. The molecule has 0 bridgehead atoms. The second kappa shape index (κ2) is 8.03. The minimum Gasteiger partial charge on any atom is -0.487 e. The van der Waals surface area contributed by atoms with E-state index in [9.17, 15) is 9.18 Å². The number of nitrogens with zero attached hydrogens (tertiary/aromatic N) is 2. The number of carbonyl (C=O) groups excluding carboxylic acids is 1. The molecule has 1 aliphatic rings. The minimum absolute atomic E-state index is 0.273. The van der Waals surface area contributed by atoms with Crippen LogP contribution in [0.1, 0.15) is 35.6 Å². The van der Waals surface area contributed by atoms with E-state index < -0.39 is 0 Å². The van der Waals surface area contributed by atoms with Crippen molar-refractivity contribution in [1.82, 2.24) is 20.5 Å². The van der Waals surface area contributed by atoms with Crippen LogP contribution in [0.25, 0.3) is 11.1 Å². The summed E-state index contributed by atoms with van der Waals surface area (Å²) in [7, 11) is 0. The first-order valence-electron chi connectivity index (χ1n) is 9.72. The fourth-order valence-corrected chi connectivity index (χ4v) is 3.56. The van der Waals surface area contributed by atoms with Crippen LogP contribution in [-0.2, 0) is 12.8 Å². The number of benzene rings is 1. The molecule has 2 N–H and O–H groups in total. The Hall–Kier alpha value is -3.22. The molecule has 1 aliphatic heterocycles. The fraction of sp³-hybridized carbons (Fsp3) is 0.318. The summed E-state index contributed by atoms with van der Waals surface area (Å²) in [5, 5.41) is 9.82. The van der Waals surface area contributed by atoms with Crippen molar-refractivity contribution in [2.24, 2.45) is 5.92 Å². The molecule has 1 aromatic carbocycles. The summed E-state index contributed by atoms with van der Waals surface area (Å²) in [4.78, 5) is 16.4. The van der Waals surface area contributed by atoms with Crippen molar-refractivity contribution in [3.8, 4) is 16.9 Å². The Bertz CT molecular complexity index is 1020. The highest BCUT2D eigenvalue weighted by Crippen LogP contribution is 2.40. The van der Waals surface area contributed by atoms with E-state index in [4.69, 9.17) is 4.74 Å². The Kier molecular flexibility index (Phi) is 5.29. The van der Waals surface area contributed by atoms with Gasteiger partial charge in [-0.3, -0.25) is 14.9 Å². The topological polar surface area (TPSA) is 79.9 Å². The fourth-order valence-electron chi connectivity index (χ4n) is 3.56. The molecule has 3 aromatic rings. The number of hydrogen-bond donors (Lipinski definition) is 2. The molecular weight excluding hydrogens is 371 g/mol. The number of nitrogens with one attached hydrogen (secondary N) is 2. The average molecular weight is 394 g/mol. The summed E-state index contributed by atoms with van der Waals surface area (Å²) in [6, 6.07) is 8.65. The maximum absolute atomic E-state index is 14.3. The molecule has 150 valence electrons. The molecule has 4 rings (SSSR count). The Morgan fingerprint density at radius 2 is 2.10 bits per heavy atom. The number of halogens is 1. The number of pyridine rings is 1. The van der Waals surface area contributed by atoms with E-state index in [1.165, 1.54) is 6.07 Å². The quantitative estimate of drug-likeness (QED) is 0.670. The van der Waals surface area contributed by atoms with Crippen LogP contribution in [0.4, 0.5) is 4.39 Å². The first-order chi connectivity index (χ1) is 14.0. The van der Waals surface area contributed by atoms with E-state index in [2.05, 4.69) is 34.3 Å². The second-order valence-corrected chi connectivity index (χ2v) is 7.67. The van der Waals surface area contributed by atoms with Gasteiger partial charge in [0.1, 0.15) is 23.4 Å². The normalized spacial score (nSPS) is 15.2. The maximum atomic E-state index is 14.3. The highest BCUT2D eigenvalue weighted by atomic mass is 19.1. The molecule has 0 spiro atoms. The molecular formula is C22H23FN4O2. The van der Waals surface area contributed by atoms with Crippen molar-refractivity contribution in [1.29, 1.82) is 0 Å². The van der Waals surface area contributed by atoms with Gasteiger partial charge in [-0.25, -0.2) is 4.39 Å². The van der Waals surface area contributed by atoms with Gasteiger partial charge in [-0.05, 0) is 48.2 Å². The monoisotopic (exact) mass is 394 g/mol. The Labute approximate surface area is 168 Å². The van der Waals surface area contributed by atoms with Crippen molar-refractivity contribution < 1.29 is 13.9 Å². The first kappa shape index (κ1) is 19.1. The van der Waals surface area contributed by atoms with Crippen molar-refractivity contribution in [2.45, 2.75) is 32.8 Å². The number of ether oxygens (including phenoxy) is 1. The number of aromatic nitrogens is 3. The van der Waals surface area contributed by atoms with Gasteiger partial charge in [0.15, 0.2) is 0 Å². The SMILES string of the molecule is CC(C)Cc1cc(C(=O)NCC2Cc3c(F)ccc(-c4ccncc4)c3O2)n[nH]1. The van der Waals surface area contributed by atoms with Gasteiger partial charge in [-0.2, -0.15) is 5.10 Å². The van der Waals surface area contributed by atoms with Gasteiger partial charge in [0.25, 0.3) is 5.91 Å². The lowest BCUT2D eigenvalue weighted by molar-refractivity contribution is 0.0928. The van der Waals surface area contributed by atoms with Gasteiger partial charge in [-0.1, -0.05) is 13.8 Å². The van der Waals surface area contributed by atoms with Crippen molar-refractivity contribution in [3.63, 3.8) is 0 Å². The van der Waals surface area contributed by atoms with Crippen LogP contribution in [0.5, 0.6) is 5.75 Å². The molecule has 6 nitrogen and oxygen atoms in total. The highest BCUT2D eigenvalue weighted by molar-refractivity contribution is 5.92. The third kappa shape index (κ3) is 4.13. The van der Waals surface area contributed by atoms with Crippen LogP contribution in [0, 0.1) is 11.7 Å². The number of hydrogen-bond acceptors (Lipinski definition) is 4. The minimum atomic E-state index is -0.333. The molecule has 0 fully saturated rings. The molecule has 0 saturated carbocycles. The molecule has 2 aromatic heterocycles. The second-order valence-electron chi connectivity index (χ2n) is 7.67. The molecule has 0 saturated heterocycles. The smallest absolute Gasteiger partial charge is 0.271 e. The molecule has 0 radical (unpaired) electrons. The van der Waals surface area contributed by atoms with Gasteiger partial charge in [0.05, 0.1) is 6.54 Å². The van der Waals surface area contributed by atoms with Gasteiger partial charge in [0, 0.05) is 35.6 Å². The first-order valence-corrected chi connectivity index (χ1v) is 9.72. The molecule has 1 atom stereocenters. The zero-order valence-corrected chi connectivity index (χ0v) is 16.4. The highest BCUT2D eigenvalue weighted by Gasteiger charge is 2.29. The third-order valence-electron chi connectivity index (χ3n) is 4.89. The van der Waals surface area contributed by atoms with Crippen LogP contribution >= 0.6 is 0 Å². The van der Waals surface area contributed by atoms with Gasteiger partial charge in [0.2, 0.25) is 0 Å². The summed E-state index contributed by atoms with van der Waals surface area (Å²) in [5.41, 5.74) is 3.55. The largest absolute Gasteiger partial charge is 0.487 e. The summed E-state index contributed by atoms with van der Waals surface area (Å²) in [6.45, 7) is 4.49. The molecule has 1 unspecified atom stereocenters. The Morgan fingerprint density at radius 1 is 1.31 bits per heavy atom. The van der Waals surface area contributed by atoms with E-state index in [0.717, 1.165) is 23.2 Å². The van der Waals surface area contributed by atoms with E-state index >= 15 is 0 Å². The average Bonchev–Trinajstić information content (AvgIpc) is 3.34. The van der Waals surface area contributed by atoms with E-state index in [0.29, 0.717) is 29.3 Å². The summed E-state index contributed by atoms with van der Waals surface area (Å²) in [5.74, 6) is 0.443. The predicted octanol–water partition coefficient (Wildman–Crippen LogP) is 3.54. The van der Waals surface area contributed by atoms with Crippen molar-refractivity contribution in [3.05, 3.63) is 65.5 Å². The summed E-state index contributed by atoms with van der Waals surface area (Å²) >= 11 is 0. The number of H-pyrrole nitrogens is 1. The third-order valence-corrected chi connectivity index (χ3v) is 4.89. The van der Waals surface area contributed by atoms with Crippen molar-refractivity contribution >= 4 is 5.91 Å². The van der Waals surface area contributed by atoms with E-state index in [1.807, 2.05) is 12.1 Å². The van der Waals surface area contributed by atoms with Gasteiger partial charge < -0.3 is 10.1 Å². The molecule has 3 heterocycles. The van der Waals surface area contributed by atoms with Crippen LogP contribution in [0.2, 0.25) is 0 Å². The van der Waals surface area contributed by atoms with Crippen LogP contribution in [0.15, 0.2) is 42.7 Å². The zero-order valence-electron chi connectivity index (χ0n) is 16.4. The lowest BCUT2D eigenvalue weighted by Gasteiger charge is -2.13. The molecule has 1 amide bonds. The molecule has 29 heavy (non-hydrogen) atoms. The number of aromatic amines is 1. The van der Waals surface area contributed by atoms with Gasteiger partial charge in [-0.15, -0.1) is 0 Å². The van der Waals surface area contributed by atoms with Gasteiger partial charge >= 0.3 is 0 Å². The zero-order chi connectivity index (χ0) is 20.4. The standard InChI is InChI=1S/C22H23FN4O2/c1-13(2)9-15-10-20(27-26-15)22(28)25-12-16-11-18-19(23)4-3-17(21(18)29-16)14-5-7-24-8-6-14/h3-8,10,13,16H,9,11-12H2,1-2H3,(H,25,28)(H,26,27). The van der Waals surface area contributed by atoms with Crippen molar-refractivity contribution in [2.75, 3.05) is 6.54 Å². The Balaban J connectivity index is 1.43. The number of carbonyl (C=O) groups is 1. The summed E-state index contributed by atoms with van der Waals surface area (Å²) < 4.78 is 20.4. The number of rotatable bonds is 6. The lowest BCUT2D eigenvalue weighted by Crippen LogP contribution is -2.34. The van der Waals surface area contributed by atoms with Crippen LogP contribution < -0.4 is 10.1 Å². The predicted molar refractivity (Wildman–Crippen MR) is 107 cm³/mol. The molecule has 7 heteroatoms. The molecule has 0 aliphatic carbocycles. The maximum Gasteiger partial charge on any atom is 0.271 e. The number of amides is 1. The van der Waals surface area contributed by atoms with Crippen LogP contribution in [0.3, 0.4) is 0 Å². The van der Waals surface area contributed by atoms with Crippen LogP contribution in [-0.4, -0.2) is 33.7 Å². The lowest BCUT2D eigenvalue weighted by atomic mass is 10.0. The van der Waals surface area contributed by atoms with E-state index in [-0.39, 0.29) is 24.4 Å². The summed E-state index contributed by atoms with van der Waals surface area (Å²) in [6.07, 6.45) is 4.28. The van der Waals surface area contributed by atoms with E-state index in [1.54, 1.807) is 24.5 Å². The Morgan fingerprint density at radius 3 is 2.86 bits per heavy atom.